The van der Waals surface area contributed by atoms with Gasteiger partial charge in [0, 0.05) is 0 Å². The molecule has 0 saturated carbocycles. The zero-order valence-corrected chi connectivity index (χ0v) is 18.6. The number of rotatable bonds is 4. The quantitative estimate of drug-likeness (QED) is 0.409. The summed E-state index contributed by atoms with van der Waals surface area (Å²) in [6.07, 6.45) is 6.42. The van der Waals surface area contributed by atoms with Crippen LogP contribution in [0, 0.1) is 6.08 Å². The van der Waals surface area contributed by atoms with Crippen LogP contribution in [0.25, 0.3) is 5.57 Å². The molecule has 0 aliphatic heterocycles. The molecule has 0 atom stereocenters. The number of benzene rings is 1. The minimum absolute atomic E-state index is 0. The molecule has 7 heteroatoms. The molecule has 0 spiro atoms. The van der Waals surface area contributed by atoms with Crippen LogP contribution in [0.2, 0.25) is 0 Å². The number of hydrogen-bond acceptors (Lipinski definition) is 2. The number of fused-ring (bicyclic) bond motifs is 1. The van der Waals surface area contributed by atoms with Crippen LogP contribution in [-0.2, 0) is 36.3 Å². The summed E-state index contributed by atoms with van der Waals surface area (Å²) in [5.74, 6) is 0. The zero-order chi connectivity index (χ0) is 15.9. The Hall–Kier alpha value is -0.447. The fourth-order valence-corrected chi connectivity index (χ4v) is 4.02. The first-order chi connectivity index (χ1) is 10.5. The molecule has 0 bridgehead atoms. The molecule has 0 amide bonds. The maximum Gasteiger partial charge on any atom is 3.00 e. The van der Waals surface area contributed by atoms with E-state index in [1.54, 1.807) is 0 Å². The Morgan fingerprint density at radius 2 is 1.64 bits per heavy atom. The second-order valence-electron chi connectivity index (χ2n) is 5.31. The van der Waals surface area contributed by atoms with Crippen LogP contribution in [0.5, 0.6) is 0 Å². The van der Waals surface area contributed by atoms with E-state index >= 15 is 0 Å². The topological polar surface area (TPSA) is 54.4 Å². The molecule has 0 unspecified atom stereocenters. The van der Waals surface area contributed by atoms with Gasteiger partial charge in [-0.05, 0) is 17.7 Å². The molecule has 25 heavy (non-hydrogen) atoms. The third-order valence-electron chi connectivity index (χ3n) is 4.01. The molecular formula is C18H17Cl2O3SZr. The normalized spacial score (nSPS) is 15.6. The van der Waals surface area contributed by atoms with Crippen molar-refractivity contribution >= 4 is 15.7 Å². The largest absolute Gasteiger partial charge is 3.00 e. The molecule has 1 N–H and O–H groups in total. The van der Waals surface area contributed by atoms with Crippen molar-refractivity contribution in [3.8, 4) is 0 Å². The molecule has 3 nitrogen and oxygen atoms in total. The van der Waals surface area contributed by atoms with Crippen molar-refractivity contribution in [2.75, 3.05) is 0 Å². The smallest absolute Gasteiger partial charge is 1.00 e. The predicted octanol–water partition coefficient (Wildman–Crippen LogP) is -1.91. The SMILES string of the molecule is CCC1=C(S(=O)(=O)O)C2=C(CC)C=C(c3ccccc3)C2=[C-]1.[Cl-].[Cl-].[Zr+3]. The monoisotopic (exact) mass is 473 g/mol. The Kier molecular flexibility index (Phi) is 9.31. The van der Waals surface area contributed by atoms with Crippen LogP contribution in [0.4, 0.5) is 0 Å². The summed E-state index contributed by atoms with van der Waals surface area (Å²) < 4.78 is 33.3. The number of halogens is 2. The summed E-state index contributed by atoms with van der Waals surface area (Å²) in [7, 11) is -4.26. The first-order valence-corrected chi connectivity index (χ1v) is 8.77. The third kappa shape index (κ3) is 4.46. The first-order valence-electron chi connectivity index (χ1n) is 7.33. The molecule has 2 aliphatic rings. The van der Waals surface area contributed by atoms with E-state index < -0.39 is 10.1 Å². The molecule has 1 aromatic rings. The van der Waals surface area contributed by atoms with Crippen molar-refractivity contribution in [2.24, 2.45) is 0 Å². The minimum atomic E-state index is -4.26. The fraction of sp³-hybridized carbons (Fsp3) is 0.222. The van der Waals surface area contributed by atoms with Crippen molar-refractivity contribution in [1.29, 1.82) is 0 Å². The second kappa shape index (κ2) is 9.48. The molecule has 0 aromatic heterocycles. The Labute approximate surface area is 180 Å². The molecule has 1 aromatic carbocycles. The summed E-state index contributed by atoms with van der Waals surface area (Å²) in [4.78, 5) is 0.0315. The maximum atomic E-state index is 11.8. The van der Waals surface area contributed by atoms with Gasteiger partial charge in [-0.2, -0.15) is 0 Å². The molecule has 0 fully saturated rings. The summed E-state index contributed by atoms with van der Waals surface area (Å²) in [6.45, 7) is 3.85. The van der Waals surface area contributed by atoms with Crippen LogP contribution in [0.1, 0.15) is 32.3 Å². The van der Waals surface area contributed by atoms with Gasteiger partial charge in [0.15, 0.2) is 0 Å². The summed E-state index contributed by atoms with van der Waals surface area (Å²) >= 11 is 0. The second-order valence-corrected chi connectivity index (χ2v) is 6.67. The van der Waals surface area contributed by atoms with Gasteiger partial charge in [-0.25, -0.2) is 8.42 Å². The Morgan fingerprint density at radius 3 is 2.12 bits per heavy atom. The number of allylic oxidation sites excluding steroid dienone is 7. The Bertz CT molecular complexity index is 867. The van der Waals surface area contributed by atoms with E-state index in [0.717, 1.165) is 22.3 Å². The van der Waals surface area contributed by atoms with Crippen molar-refractivity contribution in [3.05, 3.63) is 75.2 Å². The van der Waals surface area contributed by atoms with E-state index in [1.807, 2.05) is 50.3 Å². The van der Waals surface area contributed by atoms with E-state index in [1.165, 1.54) is 0 Å². The third-order valence-corrected chi connectivity index (χ3v) is 4.98. The average molecular weight is 476 g/mol. The summed E-state index contributed by atoms with van der Waals surface area (Å²) in [5, 5.41) is 0. The Morgan fingerprint density at radius 1 is 1.04 bits per heavy atom. The summed E-state index contributed by atoms with van der Waals surface area (Å²) in [6, 6.07) is 9.84. The van der Waals surface area contributed by atoms with Gasteiger partial charge in [0.25, 0.3) is 10.1 Å². The van der Waals surface area contributed by atoms with Crippen molar-refractivity contribution < 1.29 is 64.0 Å². The van der Waals surface area contributed by atoms with Crippen LogP contribution < -0.4 is 24.8 Å². The molecule has 2 aliphatic carbocycles. The van der Waals surface area contributed by atoms with Gasteiger partial charge in [0.1, 0.15) is 0 Å². The van der Waals surface area contributed by atoms with E-state index in [0.29, 0.717) is 24.0 Å². The molecular weight excluding hydrogens is 458 g/mol. The molecule has 3 rings (SSSR count). The van der Waals surface area contributed by atoms with Crippen molar-refractivity contribution in [2.45, 2.75) is 26.7 Å². The number of hydrogen-bond donors (Lipinski definition) is 1. The predicted molar refractivity (Wildman–Crippen MR) is 87.4 cm³/mol. The molecule has 0 heterocycles. The van der Waals surface area contributed by atoms with E-state index in [2.05, 4.69) is 6.08 Å². The van der Waals surface area contributed by atoms with E-state index in [-0.39, 0.29) is 55.9 Å². The van der Waals surface area contributed by atoms with Crippen LogP contribution >= 0.6 is 0 Å². The molecule has 131 valence electrons. The molecule has 0 saturated heterocycles. The minimum Gasteiger partial charge on any atom is -1.00 e. The zero-order valence-electron chi connectivity index (χ0n) is 13.8. The van der Waals surface area contributed by atoms with Gasteiger partial charge in [0.05, 0.1) is 0 Å². The summed E-state index contributed by atoms with van der Waals surface area (Å²) in [5.41, 5.74) is 4.89. The van der Waals surface area contributed by atoms with Crippen molar-refractivity contribution in [1.82, 2.24) is 0 Å². The van der Waals surface area contributed by atoms with Gasteiger partial charge in [-0.15, -0.1) is 28.9 Å². The molecule has 1 radical (unpaired) electrons. The van der Waals surface area contributed by atoms with E-state index in [9.17, 15) is 13.0 Å². The Balaban J connectivity index is 0.00000192. The maximum absolute atomic E-state index is 11.8. The van der Waals surface area contributed by atoms with Gasteiger partial charge >= 0.3 is 26.2 Å². The van der Waals surface area contributed by atoms with Gasteiger partial charge < -0.3 is 24.8 Å². The first kappa shape index (κ1) is 24.6. The van der Waals surface area contributed by atoms with Crippen LogP contribution in [0.15, 0.2) is 63.6 Å². The van der Waals surface area contributed by atoms with Gasteiger partial charge in [-0.1, -0.05) is 60.9 Å². The average Bonchev–Trinajstić information content (AvgIpc) is 3.03. The van der Waals surface area contributed by atoms with E-state index in [4.69, 9.17) is 0 Å². The van der Waals surface area contributed by atoms with Crippen molar-refractivity contribution in [3.63, 3.8) is 0 Å². The standard InChI is InChI=1S/C18H17O3S.2ClH.Zr/c1-3-12-10-15(14-8-6-5-7-9-14)16-11-13(4-2)18(17(12)16)22(19,20)21;;;/h5-10H,3-4H2,1-2H3,(H,19,20,21);2*1H;/q-1;;;+3/p-2. The van der Waals surface area contributed by atoms with Gasteiger partial charge in [-0.3, -0.25) is 4.55 Å². The van der Waals surface area contributed by atoms with Crippen LogP contribution in [-0.4, -0.2) is 13.0 Å². The van der Waals surface area contributed by atoms with Crippen LogP contribution in [0.3, 0.4) is 0 Å². The van der Waals surface area contributed by atoms with Gasteiger partial charge in [0.2, 0.25) is 0 Å². The fourth-order valence-electron chi connectivity index (χ4n) is 3.02.